The van der Waals surface area contributed by atoms with Crippen LogP contribution in [-0.4, -0.2) is 2.78 Å². The monoisotopic (exact) mass is 291 g/mol. The van der Waals surface area contributed by atoms with Crippen LogP contribution < -0.4 is 0 Å². The van der Waals surface area contributed by atoms with Crippen LogP contribution in [0, 0.1) is 6.92 Å². The van der Waals surface area contributed by atoms with Gasteiger partial charge in [0.25, 0.3) is 0 Å². The highest BCUT2D eigenvalue weighted by atomic mass is 127. The summed E-state index contributed by atoms with van der Waals surface area (Å²) in [5, 5.41) is 1.96. The lowest BCUT2D eigenvalue weighted by Crippen LogP contribution is -1.79. The lowest BCUT2D eigenvalue weighted by molar-refractivity contribution is 1.27. The topological polar surface area (TPSA) is 4.93 Å². The minimum Gasteiger partial charge on any atom is -0.287 e. The average Bonchev–Trinajstić information content (AvgIpc) is 2.32. The smallest absolute Gasteiger partial charge is 0.0643 e. The van der Waals surface area contributed by atoms with Crippen molar-refractivity contribution in [3.8, 4) is 0 Å². The third-order valence-electron chi connectivity index (χ3n) is 1.90. The summed E-state index contributed by atoms with van der Waals surface area (Å²) in [7, 11) is 0. The van der Waals surface area contributed by atoms with Gasteiger partial charge in [-0.25, -0.2) is 0 Å². The van der Waals surface area contributed by atoms with Gasteiger partial charge in [0.1, 0.15) is 0 Å². The molecular weight excluding hydrogens is 284 g/mol. The van der Waals surface area contributed by atoms with Crippen molar-refractivity contribution >= 4 is 45.4 Å². The Balaban J connectivity index is 2.95. The number of hydrogen-bond acceptors (Lipinski definition) is 0. The molecule has 0 aliphatic heterocycles. The normalized spacial score (nSPS) is 10.9. The molecule has 62 valence electrons. The van der Waals surface area contributed by atoms with E-state index in [1.807, 2.05) is 12.1 Å². The van der Waals surface area contributed by atoms with E-state index in [0.717, 1.165) is 10.4 Å². The standard InChI is InChI=1S/C9H7ClIN/c1-6-5-7-8(10)3-2-4-9(7)12(6)11/h2-5H,1H3. The lowest BCUT2D eigenvalue weighted by atomic mass is 10.2. The van der Waals surface area contributed by atoms with Crippen LogP contribution in [0.15, 0.2) is 24.3 Å². The van der Waals surface area contributed by atoms with Crippen LogP contribution in [-0.2, 0) is 0 Å². The van der Waals surface area contributed by atoms with Crippen LogP contribution in [0.25, 0.3) is 10.9 Å². The third kappa shape index (κ3) is 1.13. The second-order valence-electron chi connectivity index (χ2n) is 2.74. The number of aryl methyl sites for hydroxylation is 1. The molecule has 1 nitrogen and oxygen atoms in total. The first kappa shape index (κ1) is 8.38. The SMILES string of the molecule is Cc1cc2c(Cl)cccc2n1I. The summed E-state index contributed by atoms with van der Waals surface area (Å²) in [6.07, 6.45) is 0. The summed E-state index contributed by atoms with van der Waals surface area (Å²) >= 11 is 8.30. The van der Waals surface area contributed by atoms with E-state index in [4.69, 9.17) is 11.6 Å². The fourth-order valence-corrected chi connectivity index (χ4v) is 2.08. The van der Waals surface area contributed by atoms with Crippen molar-refractivity contribution in [2.75, 3.05) is 0 Å². The van der Waals surface area contributed by atoms with Gasteiger partial charge in [-0.05, 0) is 25.1 Å². The van der Waals surface area contributed by atoms with Gasteiger partial charge in [0, 0.05) is 16.1 Å². The summed E-state index contributed by atoms with van der Waals surface area (Å²) in [5.41, 5.74) is 2.40. The van der Waals surface area contributed by atoms with Crippen molar-refractivity contribution < 1.29 is 0 Å². The van der Waals surface area contributed by atoms with Gasteiger partial charge in [0.05, 0.1) is 28.4 Å². The molecule has 0 saturated heterocycles. The first-order valence-corrected chi connectivity index (χ1v) is 4.97. The lowest BCUT2D eigenvalue weighted by Gasteiger charge is -1.95. The van der Waals surface area contributed by atoms with E-state index in [1.54, 1.807) is 0 Å². The zero-order valence-corrected chi connectivity index (χ0v) is 9.43. The molecule has 12 heavy (non-hydrogen) atoms. The fraction of sp³-hybridized carbons (Fsp3) is 0.111. The molecule has 0 radical (unpaired) electrons. The summed E-state index contributed by atoms with van der Waals surface area (Å²) < 4.78 is 2.11. The minimum atomic E-state index is 0.825. The number of halogens is 2. The molecule has 0 spiro atoms. The van der Waals surface area contributed by atoms with Crippen LogP contribution in [0.5, 0.6) is 0 Å². The van der Waals surface area contributed by atoms with E-state index < -0.39 is 0 Å². The molecule has 2 aromatic rings. The molecule has 0 atom stereocenters. The number of nitrogens with zero attached hydrogens (tertiary/aromatic N) is 1. The van der Waals surface area contributed by atoms with Gasteiger partial charge in [-0.15, -0.1) is 0 Å². The maximum atomic E-state index is 6.03. The highest BCUT2D eigenvalue weighted by Gasteiger charge is 2.04. The molecule has 0 fully saturated rings. The highest BCUT2D eigenvalue weighted by molar-refractivity contribution is 14.1. The van der Waals surface area contributed by atoms with Gasteiger partial charge in [0.2, 0.25) is 0 Å². The highest BCUT2D eigenvalue weighted by Crippen LogP contribution is 2.27. The number of benzene rings is 1. The predicted molar refractivity (Wildman–Crippen MR) is 61.1 cm³/mol. The van der Waals surface area contributed by atoms with E-state index in [0.29, 0.717) is 0 Å². The van der Waals surface area contributed by atoms with Gasteiger partial charge in [0.15, 0.2) is 0 Å². The molecule has 0 aliphatic rings. The Kier molecular flexibility index (Phi) is 2.04. The summed E-state index contributed by atoms with van der Waals surface area (Å²) in [5.74, 6) is 0. The van der Waals surface area contributed by atoms with Crippen molar-refractivity contribution in [1.29, 1.82) is 0 Å². The van der Waals surface area contributed by atoms with Crippen molar-refractivity contribution in [2.45, 2.75) is 6.92 Å². The van der Waals surface area contributed by atoms with Crippen LogP contribution in [0.1, 0.15) is 5.69 Å². The van der Waals surface area contributed by atoms with Crippen LogP contribution in [0.3, 0.4) is 0 Å². The molecule has 1 aromatic heterocycles. The minimum absolute atomic E-state index is 0.825. The number of fused-ring (bicyclic) bond motifs is 1. The number of hydrogen-bond donors (Lipinski definition) is 0. The van der Waals surface area contributed by atoms with Crippen molar-refractivity contribution in [2.24, 2.45) is 0 Å². The Morgan fingerprint density at radius 2 is 2.17 bits per heavy atom. The van der Waals surface area contributed by atoms with Gasteiger partial charge in [-0.3, -0.25) is 2.78 Å². The van der Waals surface area contributed by atoms with E-state index >= 15 is 0 Å². The summed E-state index contributed by atoms with van der Waals surface area (Å²) in [6, 6.07) is 8.06. The Bertz CT molecular complexity index is 433. The van der Waals surface area contributed by atoms with E-state index in [1.165, 1.54) is 11.2 Å². The van der Waals surface area contributed by atoms with Crippen LogP contribution in [0.4, 0.5) is 0 Å². The molecule has 1 heterocycles. The van der Waals surface area contributed by atoms with Crippen molar-refractivity contribution in [3.63, 3.8) is 0 Å². The van der Waals surface area contributed by atoms with Crippen molar-refractivity contribution in [1.82, 2.24) is 2.78 Å². The fourth-order valence-electron chi connectivity index (χ4n) is 1.30. The number of aromatic nitrogens is 1. The first-order valence-electron chi connectivity index (χ1n) is 3.63. The van der Waals surface area contributed by atoms with Crippen LogP contribution >= 0.6 is 34.5 Å². The summed E-state index contributed by atoms with van der Waals surface area (Å²) in [6.45, 7) is 2.07. The molecule has 0 aliphatic carbocycles. The van der Waals surface area contributed by atoms with Crippen LogP contribution in [0.2, 0.25) is 5.02 Å². The molecular formula is C9H7ClIN. The second-order valence-corrected chi connectivity index (χ2v) is 4.11. The molecule has 0 unspecified atom stereocenters. The first-order chi connectivity index (χ1) is 5.70. The molecule has 0 amide bonds. The van der Waals surface area contributed by atoms with Gasteiger partial charge >= 0.3 is 0 Å². The Morgan fingerprint density at radius 1 is 1.42 bits per heavy atom. The van der Waals surface area contributed by atoms with E-state index in [-0.39, 0.29) is 0 Å². The van der Waals surface area contributed by atoms with E-state index in [2.05, 4.69) is 44.7 Å². The zero-order valence-electron chi connectivity index (χ0n) is 6.51. The largest absolute Gasteiger partial charge is 0.287 e. The number of rotatable bonds is 0. The molecule has 3 heteroatoms. The summed E-state index contributed by atoms with van der Waals surface area (Å²) in [4.78, 5) is 0. The third-order valence-corrected chi connectivity index (χ3v) is 3.51. The second kappa shape index (κ2) is 2.92. The Morgan fingerprint density at radius 3 is 2.83 bits per heavy atom. The Hall–Kier alpha value is -0.220. The maximum absolute atomic E-state index is 6.03. The molecule has 0 N–H and O–H groups in total. The predicted octanol–water partition coefficient (Wildman–Crippen LogP) is 3.80. The Labute approximate surface area is 89.8 Å². The van der Waals surface area contributed by atoms with Gasteiger partial charge < -0.3 is 0 Å². The zero-order chi connectivity index (χ0) is 8.72. The quantitative estimate of drug-likeness (QED) is 0.651. The van der Waals surface area contributed by atoms with Gasteiger partial charge in [-0.1, -0.05) is 17.7 Å². The van der Waals surface area contributed by atoms with E-state index in [9.17, 15) is 0 Å². The molecule has 1 aromatic carbocycles. The molecule has 2 rings (SSSR count). The average molecular weight is 292 g/mol. The van der Waals surface area contributed by atoms with Crippen molar-refractivity contribution in [3.05, 3.63) is 35.0 Å². The van der Waals surface area contributed by atoms with Gasteiger partial charge in [-0.2, -0.15) is 0 Å². The maximum Gasteiger partial charge on any atom is 0.0643 e. The molecule has 0 saturated carbocycles. The molecule has 0 bridgehead atoms.